The predicted molar refractivity (Wildman–Crippen MR) is 180 cm³/mol. The van der Waals surface area contributed by atoms with E-state index < -0.39 is 10.0 Å². The van der Waals surface area contributed by atoms with Crippen LogP contribution in [0.5, 0.6) is 5.75 Å². The summed E-state index contributed by atoms with van der Waals surface area (Å²) in [6, 6.07) is 16.8. The van der Waals surface area contributed by atoms with E-state index in [2.05, 4.69) is 36.1 Å². The van der Waals surface area contributed by atoms with Crippen LogP contribution in [0, 0.1) is 0 Å². The maximum absolute atomic E-state index is 14.0. The Morgan fingerprint density at radius 2 is 1.37 bits per heavy atom. The van der Waals surface area contributed by atoms with Gasteiger partial charge in [-0.05, 0) is 83.3 Å². The molecule has 0 radical (unpaired) electrons. The molecule has 1 amide bonds. The van der Waals surface area contributed by atoms with Crippen LogP contribution in [0.2, 0.25) is 0 Å². The molecule has 0 fully saturated rings. The van der Waals surface area contributed by atoms with Gasteiger partial charge in [-0.2, -0.15) is 0 Å². The number of nitrogens with one attached hydrogen (secondary N) is 3. The van der Waals surface area contributed by atoms with E-state index in [-0.39, 0.29) is 23.7 Å². The summed E-state index contributed by atoms with van der Waals surface area (Å²) in [6.07, 6.45) is 4.60. The molecule has 7 nitrogen and oxygen atoms in total. The number of amides is 1. The van der Waals surface area contributed by atoms with Gasteiger partial charge in [0, 0.05) is 12.6 Å². The highest BCUT2D eigenvalue weighted by atomic mass is 32.2. The minimum atomic E-state index is -3.94. The molecular formula is C35H49N3O4S. The van der Waals surface area contributed by atoms with Crippen molar-refractivity contribution >= 4 is 38.7 Å². The zero-order valence-corrected chi connectivity index (χ0v) is 27.8. The Labute approximate surface area is 258 Å². The first-order valence-electron chi connectivity index (χ1n) is 15.4. The lowest BCUT2D eigenvalue weighted by molar-refractivity contribution is -0.114. The van der Waals surface area contributed by atoms with Gasteiger partial charge in [-0.3, -0.25) is 9.52 Å². The molecule has 8 heteroatoms. The van der Waals surface area contributed by atoms with Crippen LogP contribution in [0.4, 0.5) is 22.7 Å². The molecule has 0 saturated carbocycles. The second-order valence-electron chi connectivity index (χ2n) is 12.1. The van der Waals surface area contributed by atoms with Gasteiger partial charge in [0.05, 0.1) is 28.6 Å². The zero-order chi connectivity index (χ0) is 31.7. The van der Waals surface area contributed by atoms with E-state index >= 15 is 0 Å². The van der Waals surface area contributed by atoms with Crippen LogP contribution in [-0.4, -0.2) is 20.9 Å². The Balaban J connectivity index is 1.89. The zero-order valence-electron chi connectivity index (χ0n) is 27.0. The van der Waals surface area contributed by atoms with Gasteiger partial charge in [-0.1, -0.05) is 79.9 Å². The number of hydrogen-bond acceptors (Lipinski definition) is 5. The minimum absolute atomic E-state index is 0.0159. The van der Waals surface area contributed by atoms with Gasteiger partial charge < -0.3 is 15.4 Å². The molecule has 3 N–H and O–H groups in total. The third-order valence-electron chi connectivity index (χ3n) is 7.33. The number of carbonyl (C=O) groups is 1. The van der Waals surface area contributed by atoms with Crippen molar-refractivity contribution < 1.29 is 17.9 Å². The first-order chi connectivity index (χ1) is 20.3. The molecule has 0 unspecified atom stereocenters. The molecule has 3 aromatic carbocycles. The second-order valence-corrected chi connectivity index (χ2v) is 13.7. The quantitative estimate of drug-likeness (QED) is 0.150. The fraction of sp³-hybridized carbons (Fsp3) is 0.457. The maximum atomic E-state index is 14.0. The number of carbonyl (C=O) groups excluding carboxylic acids is 1. The Kier molecular flexibility index (Phi) is 12.1. The second kappa shape index (κ2) is 15.3. The average molecular weight is 608 g/mol. The standard InChI is InChI=1S/C35H49N3O4S/c1-9-10-11-12-19-42-30-16-13-28(14-17-30)37-33-18-15-29(22-34(33)36-26(8)39)38-43(40,41)35-31(24(4)5)20-27(23(2)3)21-32(35)25(6)7/h13-18,20-25,37-38H,9-12,19H2,1-8H3,(H,36,39). The smallest absolute Gasteiger partial charge is 0.262 e. The molecule has 3 aromatic rings. The normalized spacial score (nSPS) is 11.7. The average Bonchev–Trinajstić information content (AvgIpc) is 2.93. The van der Waals surface area contributed by atoms with Crippen LogP contribution < -0.4 is 20.1 Å². The Morgan fingerprint density at radius 1 is 0.767 bits per heavy atom. The van der Waals surface area contributed by atoms with Crippen LogP contribution in [0.3, 0.4) is 0 Å². The Bertz CT molecular complexity index is 1450. The van der Waals surface area contributed by atoms with Crippen molar-refractivity contribution in [1.29, 1.82) is 0 Å². The molecule has 0 aromatic heterocycles. The maximum Gasteiger partial charge on any atom is 0.262 e. The summed E-state index contributed by atoms with van der Waals surface area (Å²) >= 11 is 0. The van der Waals surface area contributed by atoms with Gasteiger partial charge in [-0.15, -0.1) is 0 Å². The van der Waals surface area contributed by atoms with Gasteiger partial charge in [-0.25, -0.2) is 8.42 Å². The number of unbranched alkanes of at least 4 members (excludes halogenated alkanes) is 3. The molecule has 0 aliphatic carbocycles. The number of sulfonamides is 1. The molecule has 0 atom stereocenters. The summed E-state index contributed by atoms with van der Waals surface area (Å²) in [6.45, 7) is 16.6. The highest BCUT2D eigenvalue weighted by Gasteiger charge is 2.27. The van der Waals surface area contributed by atoms with Crippen LogP contribution in [-0.2, 0) is 14.8 Å². The third kappa shape index (κ3) is 9.48. The fourth-order valence-corrected chi connectivity index (χ4v) is 6.67. The van der Waals surface area contributed by atoms with Crippen molar-refractivity contribution in [3.05, 3.63) is 71.3 Å². The molecule has 234 valence electrons. The molecule has 0 aliphatic heterocycles. The van der Waals surface area contributed by atoms with E-state index in [4.69, 9.17) is 4.74 Å². The SMILES string of the molecule is CCCCCCOc1ccc(Nc2ccc(NS(=O)(=O)c3c(C(C)C)cc(C(C)C)cc3C(C)C)cc2NC(C)=O)cc1. The van der Waals surface area contributed by atoms with E-state index in [1.54, 1.807) is 18.2 Å². The molecule has 0 heterocycles. The Hall–Kier alpha value is -3.52. The van der Waals surface area contributed by atoms with Gasteiger partial charge in [0.15, 0.2) is 0 Å². The third-order valence-corrected chi connectivity index (χ3v) is 8.84. The number of benzene rings is 3. The number of ether oxygens (including phenoxy) is 1. The lowest BCUT2D eigenvalue weighted by Crippen LogP contribution is -2.19. The summed E-state index contributed by atoms with van der Waals surface area (Å²) in [5, 5.41) is 6.16. The van der Waals surface area contributed by atoms with Crippen LogP contribution in [0.1, 0.15) is 116 Å². The van der Waals surface area contributed by atoms with Crippen molar-refractivity contribution in [2.45, 2.75) is 104 Å². The molecule has 0 aliphatic rings. The first kappa shape index (κ1) is 34.0. The van der Waals surface area contributed by atoms with Crippen molar-refractivity contribution in [1.82, 2.24) is 0 Å². The van der Waals surface area contributed by atoms with Gasteiger partial charge in [0.1, 0.15) is 5.75 Å². The summed E-state index contributed by atoms with van der Waals surface area (Å²) in [5.41, 5.74) is 5.00. The van der Waals surface area contributed by atoms with Crippen molar-refractivity contribution in [3.63, 3.8) is 0 Å². The first-order valence-corrected chi connectivity index (χ1v) is 16.9. The van der Waals surface area contributed by atoms with Crippen LogP contribution in [0.25, 0.3) is 0 Å². The van der Waals surface area contributed by atoms with Gasteiger partial charge in [0.2, 0.25) is 5.91 Å². The topological polar surface area (TPSA) is 96.5 Å². The van der Waals surface area contributed by atoms with E-state index in [0.717, 1.165) is 41.0 Å². The monoisotopic (exact) mass is 607 g/mol. The minimum Gasteiger partial charge on any atom is -0.494 e. The Morgan fingerprint density at radius 3 is 1.91 bits per heavy atom. The van der Waals surface area contributed by atoms with Crippen LogP contribution >= 0.6 is 0 Å². The molecule has 0 spiro atoms. The largest absolute Gasteiger partial charge is 0.494 e. The van der Waals surface area contributed by atoms with Gasteiger partial charge in [0.25, 0.3) is 10.0 Å². The summed E-state index contributed by atoms with van der Waals surface area (Å²) < 4.78 is 36.6. The number of rotatable bonds is 15. The lowest BCUT2D eigenvalue weighted by atomic mass is 9.89. The molecule has 0 bridgehead atoms. The molecular weight excluding hydrogens is 558 g/mol. The summed E-state index contributed by atoms with van der Waals surface area (Å²) in [5.74, 6) is 0.851. The van der Waals surface area contributed by atoms with Crippen molar-refractivity contribution in [2.24, 2.45) is 0 Å². The number of hydrogen-bond donors (Lipinski definition) is 3. The van der Waals surface area contributed by atoms with E-state index in [1.165, 1.54) is 19.8 Å². The lowest BCUT2D eigenvalue weighted by Gasteiger charge is -2.23. The van der Waals surface area contributed by atoms with E-state index in [9.17, 15) is 13.2 Å². The van der Waals surface area contributed by atoms with E-state index in [0.29, 0.717) is 28.6 Å². The highest BCUT2D eigenvalue weighted by molar-refractivity contribution is 7.92. The van der Waals surface area contributed by atoms with Crippen molar-refractivity contribution in [3.8, 4) is 5.75 Å². The van der Waals surface area contributed by atoms with Gasteiger partial charge >= 0.3 is 0 Å². The van der Waals surface area contributed by atoms with Crippen LogP contribution in [0.15, 0.2) is 59.5 Å². The summed E-state index contributed by atoms with van der Waals surface area (Å²) in [7, 11) is -3.94. The molecule has 43 heavy (non-hydrogen) atoms. The predicted octanol–water partition coefficient (Wildman–Crippen LogP) is 9.52. The molecule has 3 rings (SSSR count). The van der Waals surface area contributed by atoms with E-state index in [1.807, 2.05) is 64.1 Å². The number of anilines is 4. The summed E-state index contributed by atoms with van der Waals surface area (Å²) in [4.78, 5) is 12.4. The van der Waals surface area contributed by atoms with Crippen molar-refractivity contribution in [2.75, 3.05) is 22.0 Å². The highest BCUT2D eigenvalue weighted by Crippen LogP contribution is 2.37. The fourth-order valence-electron chi connectivity index (χ4n) is 4.92. The molecule has 0 saturated heterocycles.